The first kappa shape index (κ1) is 17.5. The number of aryl methyl sites for hydroxylation is 1. The molecule has 1 saturated heterocycles. The van der Waals surface area contributed by atoms with Gasteiger partial charge in [0.05, 0.1) is 0 Å². The Balaban J connectivity index is 1.88. The number of likely N-dealkylation sites (tertiary alicyclic amines) is 1. The molecule has 0 N–H and O–H groups in total. The largest absolute Gasteiger partial charge is 0.435 e. The highest BCUT2D eigenvalue weighted by Crippen LogP contribution is 2.28. The Kier molecular flexibility index (Phi) is 7.46. The third-order valence-corrected chi connectivity index (χ3v) is 4.87. The molecule has 2 rings (SSSR count). The molecule has 2 nitrogen and oxygen atoms in total. The monoisotopic (exact) mass is 329 g/mol. The quantitative estimate of drug-likeness (QED) is 0.635. The Bertz CT molecular complexity index is 450. The van der Waals surface area contributed by atoms with Gasteiger partial charge in [0.2, 0.25) is 0 Å². The van der Waals surface area contributed by atoms with Gasteiger partial charge in [0.25, 0.3) is 0 Å². The zero-order chi connectivity index (χ0) is 15.8. The van der Waals surface area contributed by atoms with Gasteiger partial charge in [-0.3, -0.25) is 0 Å². The average molecular weight is 329 g/mol. The Morgan fingerprint density at radius 2 is 2.00 bits per heavy atom. The van der Waals surface area contributed by atoms with Gasteiger partial charge in [0.1, 0.15) is 5.75 Å². The minimum absolute atomic E-state index is 0.317. The second-order valence-corrected chi connectivity index (χ2v) is 6.82. The molecule has 1 aliphatic heterocycles. The first-order valence-electron chi connectivity index (χ1n) is 8.12. The summed E-state index contributed by atoms with van der Waals surface area (Å²) in [4.78, 5) is 3.65. The van der Waals surface area contributed by atoms with Crippen LogP contribution in [-0.2, 0) is 6.42 Å². The van der Waals surface area contributed by atoms with Crippen molar-refractivity contribution in [3.63, 3.8) is 0 Å². The number of ether oxygens (including phenoxy) is 1. The molecule has 0 radical (unpaired) electrons. The molecular formula is C17H25F2NOS. The fourth-order valence-corrected chi connectivity index (χ4v) is 3.77. The van der Waals surface area contributed by atoms with E-state index in [0.29, 0.717) is 5.75 Å². The summed E-state index contributed by atoms with van der Waals surface area (Å²) in [6.07, 6.45) is 5.66. The maximum Gasteiger partial charge on any atom is 0.387 e. The van der Waals surface area contributed by atoms with Gasteiger partial charge in [0.15, 0.2) is 0 Å². The lowest BCUT2D eigenvalue weighted by Gasteiger charge is -2.26. The lowest BCUT2D eigenvalue weighted by molar-refractivity contribution is -0.0504. The van der Waals surface area contributed by atoms with Crippen molar-refractivity contribution in [2.24, 2.45) is 0 Å². The van der Waals surface area contributed by atoms with Gasteiger partial charge >= 0.3 is 6.61 Å². The van der Waals surface area contributed by atoms with Crippen molar-refractivity contribution in [3.8, 4) is 5.75 Å². The van der Waals surface area contributed by atoms with Crippen LogP contribution in [0.25, 0.3) is 0 Å². The molecule has 124 valence electrons. The summed E-state index contributed by atoms with van der Waals surface area (Å²) in [7, 11) is 0. The highest BCUT2D eigenvalue weighted by Gasteiger charge is 2.12. The van der Waals surface area contributed by atoms with Crippen LogP contribution in [0.1, 0.15) is 38.2 Å². The molecule has 0 aliphatic carbocycles. The van der Waals surface area contributed by atoms with Crippen LogP contribution in [0.2, 0.25) is 0 Å². The molecule has 1 aliphatic rings. The van der Waals surface area contributed by atoms with Crippen LogP contribution >= 0.6 is 11.8 Å². The molecule has 1 fully saturated rings. The van der Waals surface area contributed by atoms with E-state index in [9.17, 15) is 8.78 Å². The fourth-order valence-electron chi connectivity index (χ4n) is 2.80. The lowest BCUT2D eigenvalue weighted by atomic mass is 10.1. The van der Waals surface area contributed by atoms with Crippen molar-refractivity contribution in [1.29, 1.82) is 0 Å². The first-order valence-corrected chi connectivity index (χ1v) is 9.10. The number of hydrogen-bond donors (Lipinski definition) is 0. The van der Waals surface area contributed by atoms with E-state index in [2.05, 4.69) is 9.64 Å². The summed E-state index contributed by atoms with van der Waals surface area (Å²) in [6, 6.07) is 5.57. The van der Waals surface area contributed by atoms with Gasteiger partial charge in [-0.25, -0.2) is 0 Å². The van der Waals surface area contributed by atoms with Gasteiger partial charge in [-0.1, -0.05) is 19.8 Å². The molecule has 0 spiro atoms. The Morgan fingerprint density at radius 3 is 2.68 bits per heavy atom. The minimum atomic E-state index is -2.76. The van der Waals surface area contributed by atoms with E-state index in [0.717, 1.165) is 35.6 Å². The van der Waals surface area contributed by atoms with E-state index in [1.165, 1.54) is 32.4 Å². The van der Waals surface area contributed by atoms with Gasteiger partial charge in [-0.05, 0) is 56.1 Å². The molecular weight excluding hydrogens is 304 g/mol. The number of benzene rings is 1. The molecule has 0 unspecified atom stereocenters. The minimum Gasteiger partial charge on any atom is -0.435 e. The Hall–Kier alpha value is -0.810. The van der Waals surface area contributed by atoms with Crippen LogP contribution in [0.3, 0.4) is 0 Å². The third-order valence-electron chi connectivity index (χ3n) is 3.89. The second-order valence-electron chi connectivity index (χ2n) is 5.65. The maximum absolute atomic E-state index is 12.4. The van der Waals surface area contributed by atoms with Crippen molar-refractivity contribution in [3.05, 3.63) is 23.8 Å². The third kappa shape index (κ3) is 5.76. The number of alkyl halides is 2. The molecule has 0 amide bonds. The summed E-state index contributed by atoms with van der Waals surface area (Å²) < 4.78 is 29.4. The highest BCUT2D eigenvalue weighted by molar-refractivity contribution is 7.99. The van der Waals surface area contributed by atoms with Crippen LogP contribution in [0.4, 0.5) is 8.78 Å². The van der Waals surface area contributed by atoms with Gasteiger partial charge in [0, 0.05) is 17.2 Å². The van der Waals surface area contributed by atoms with E-state index < -0.39 is 6.61 Å². The molecule has 1 aromatic rings. The van der Waals surface area contributed by atoms with Gasteiger partial charge < -0.3 is 9.64 Å². The van der Waals surface area contributed by atoms with Crippen molar-refractivity contribution >= 4 is 11.8 Å². The number of piperidine rings is 1. The highest BCUT2D eigenvalue weighted by atomic mass is 32.2. The number of thioether (sulfide) groups is 1. The second kappa shape index (κ2) is 9.36. The topological polar surface area (TPSA) is 12.5 Å². The Labute approximate surface area is 136 Å². The predicted octanol–water partition coefficient (Wildman–Crippen LogP) is 4.82. The van der Waals surface area contributed by atoms with Crippen molar-refractivity contribution in [1.82, 2.24) is 4.90 Å². The summed E-state index contributed by atoms with van der Waals surface area (Å²) >= 11 is 1.80. The van der Waals surface area contributed by atoms with Crippen LogP contribution in [-0.4, -0.2) is 36.9 Å². The van der Waals surface area contributed by atoms with E-state index in [1.807, 2.05) is 19.1 Å². The molecule has 1 heterocycles. The summed E-state index contributed by atoms with van der Waals surface area (Å²) in [5.74, 6) is 1.36. The molecule has 5 heteroatoms. The standard InChI is InChI=1S/C17H25F2NOS/c1-2-6-14-13-15(7-8-16(14)21-17(18)19)22-12-11-20-9-4-3-5-10-20/h7-8,13,17H,2-6,9-12H2,1H3. The van der Waals surface area contributed by atoms with Gasteiger partial charge in [-0.2, -0.15) is 8.78 Å². The molecule has 22 heavy (non-hydrogen) atoms. The van der Waals surface area contributed by atoms with Crippen LogP contribution < -0.4 is 4.74 Å². The molecule has 0 aromatic heterocycles. The zero-order valence-corrected chi connectivity index (χ0v) is 14.0. The van der Waals surface area contributed by atoms with Gasteiger partial charge in [-0.15, -0.1) is 11.8 Å². The summed E-state index contributed by atoms with van der Waals surface area (Å²) in [5.41, 5.74) is 0.880. The smallest absolute Gasteiger partial charge is 0.387 e. The van der Waals surface area contributed by atoms with E-state index in [-0.39, 0.29) is 0 Å². The van der Waals surface area contributed by atoms with Crippen LogP contribution in [0.15, 0.2) is 23.1 Å². The predicted molar refractivity (Wildman–Crippen MR) is 88.1 cm³/mol. The van der Waals surface area contributed by atoms with Crippen molar-refractivity contribution < 1.29 is 13.5 Å². The number of halogens is 2. The SMILES string of the molecule is CCCc1cc(SCCN2CCCCC2)ccc1OC(F)F. The zero-order valence-electron chi connectivity index (χ0n) is 13.2. The number of hydrogen-bond acceptors (Lipinski definition) is 3. The molecule has 0 saturated carbocycles. The Morgan fingerprint density at radius 1 is 1.23 bits per heavy atom. The van der Waals surface area contributed by atoms with E-state index in [1.54, 1.807) is 17.8 Å². The van der Waals surface area contributed by atoms with Crippen molar-refractivity contribution in [2.75, 3.05) is 25.4 Å². The first-order chi connectivity index (χ1) is 10.7. The molecule has 1 aromatic carbocycles. The summed E-state index contributed by atoms with van der Waals surface area (Å²) in [5, 5.41) is 0. The van der Waals surface area contributed by atoms with E-state index >= 15 is 0 Å². The summed E-state index contributed by atoms with van der Waals surface area (Å²) in [6.45, 7) is 2.81. The van der Waals surface area contributed by atoms with E-state index in [4.69, 9.17) is 0 Å². The number of rotatable bonds is 8. The maximum atomic E-state index is 12.4. The fraction of sp³-hybridized carbons (Fsp3) is 0.647. The van der Waals surface area contributed by atoms with Crippen LogP contribution in [0.5, 0.6) is 5.75 Å². The molecule has 0 atom stereocenters. The van der Waals surface area contributed by atoms with Crippen LogP contribution in [0, 0.1) is 0 Å². The normalized spacial score (nSPS) is 16.2. The average Bonchev–Trinajstić information content (AvgIpc) is 2.51. The van der Waals surface area contributed by atoms with Crippen molar-refractivity contribution in [2.45, 2.75) is 50.5 Å². The number of nitrogens with zero attached hydrogens (tertiary/aromatic N) is 1. The lowest BCUT2D eigenvalue weighted by Crippen LogP contribution is -2.31. The molecule has 0 bridgehead atoms.